The average Bonchev–Trinajstić information content (AvgIpc) is 2.72. The van der Waals surface area contributed by atoms with Gasteiger partial charge in [0.25, 0.3) is 5.91 Å². The molecule has 2 heterocycles. The molecule has 3 rings (SSSR count). The Morgan fingerprint density at radius 2 is 1.47 bits per heavy atom. The fourth-order valence-electron chi connectivity index (χ4n) is 3.83. The molecule has 2 aliphatic rings. The second-order valence-electron chi connectivity index (χ2n) is 8.84. The van der Waals surface area contributed by atoms with Gasteiger partial charge in [0.2, 0.25) is 5.91 Å². The molecule has 2 aliphatic heterocycles. The maximum Gasteiger partial charge on any atom is 0.410 e. The van der Waals surface area contributed by atoms with Crippen LogP contribution in [-0.4, -0.2) is 77.5 Å². The number of carbonyl (C=O) groups excluding carboxylic acids is 3. The van der Waals surface area contributed by atoms with Crippen LogP contribution in [0.2, 0.25) is 5.02 Å². The first-order valence-corrected chi connectivity index (χ1v) is 10.8. The number of nitrogens with zero attached hydrogens (tertiary/aromatic N) is 3. The van der Waals surface area contributed by atoms with Crippen LogP contribution in [0.1, 0.15) is 44.0 Å². The van der Waals surface area contributed by atoms with E-state index in [4.69, 9.17) is 16.3 Å². The molecular formula is C22H30ClN3O4. The summed E-state index contributed by atoms with van der Waals surface area (Å²) in [5.74, 6) is -0.0726. The van der Waals surface area contributed by atoms with Crippen LogP contribution < -0.4 is 0 Å². The number of likely N-dealkylation sites (tertiary alicyclic amines) is 1. The lowest BCUT2D eigenvalue weighted by Crippen LogP contribution is -2.53. The molecule has 0 spiro atoms. The van der Waals surface area contributed by atoms with Crippen LogP contribution in [-0.2, 0) is 9.53 Å². The van der Waals surface area contributed by atoms with Gasteiger partial charge in [-0.2, -0.15) is 0 Å². The van der Waals surface area contributed by atoms with E-state index in [0.29, 0.717) is 62.7 Å². The second-order valence-corrected chi connectivity index (χ2v) is 9.25. The number of ether oxygens (including phenoxy) is 1. The summed E-state index contributed by atoms with van der Waals surface area (Å²) in [5.41, 5.74) is -0.0290. The van der Waals surface area contributed by atoms with Crippen molar-refractivity contribution in [3.8, 4) is 0 Å². The Hall–Kier alpha value is -2.28. The molecule has 0 bridgehead atoms. The van der Waals surface area contributed by atoms with Crippen molar-refractivity contribution in [1.82, 2.24) is 14.7 Å². The maximum absolute atomic E-state index is 12.9. The molecule has 0 aromatic heterocycles. The fourth-order valence-corrected chi connectivity index (χ4v) is 4.05. The number of rotatable bonds is 2. The number of halogens is 1. The van der Waals surface area contributed by atoms with Crippen LogP contribution in [0.25, 0.3) is 0 Å². The Balaban J connectivity index is 1.47. The molecule has 0 radical (unpaired) electrons. The standard InChI is InChI=1S/C22H30ClN3O4/c1-22(2,3)30-21(29)26-10-8-16(9-11-26)19(27)24-12-14-25(15-13-24)20(28)17-6-4-5-7-18(17)23/h4-7,16H,8-15H2,1-3H3. The van der Waals surface area contributed by atoms with Crippen molar-refractivity contribution in [2.75, 3.05) is 39.3 Å². The summed E-state index contributed by atoms with van der Waals surface area (Å²) in [5, 5.41) is 0.442. The Labute approximate surface area is 182 Å². The average molecular weight is 436 g/mol. The molecule has 2 fully saturated rings. The normalized spacial score (nSPS) is 18.3. The summed E-state index contributed by atoms with van der Waals surface area (Å²) >= 11 is 6.14. The maximum atomic E-state index is 12.9. The predicted octanol–water partition coefficient (Wildman–Crippen LogP) is 3.27. The Morgan fingerprint density at radius 3 is 2.03 bits per heavy atom. The zero-order valence-corrected chi connectivity index (χ0v) is 18.7. The van der Waals surface area contributed by atoms with Gasteiger partial charge in [-0.1, -0.05) is 23.7 Å². The smallest absolute Gasteiger partial charge is 0.410 e. The van der Waals surface area contributed by atoms with Gasteiger partial charge in [-0.25, -0.2) is 4.79 Å². The van der Waals surface area contributed by atoms with E-state index in [1.54, 1.807) is 34.1 Å². The molecule has 7 nitrogen and oxygen atoms in total. The first kappa shape index (κ1) is 22.4. The van der Waals surface area contributed by atoms with E-state index in [0.717, 1.165) is 0 Å². The molecule has 3 amide bonds. The second kappa shape index (κ2) is 9.25. The minimum Gasteiger partial charge on any atom is -0.444 e. The molecule has 0 N–H and O–H groups in total. The molecular weight excluding hydrogens is 406 g/mol. The predicted molar refractivity (Wildman–Crippen MR) is 114 cm³/mol. The molecule has 0 aliphatic carbocycles. The Kier molecular flexibility index (Phi) is 6.91. The van der Waals surface area contributed by atoms with Crippen LogP contribution in [0, 0.1) is 5.92 Å². The summed E-state index contributed by atoms with van der Waals surface area (Å²) in [6, 6.07) is 7.02. The number of amides is 3. The molecule has 8 heteroatoms. The summed E-state index contributed by atoms with van der Waals surface area (Å²) in [7, 11) is 0. The molecule has 1 aromatic rings. The third-order valence-corrected chi connectivity index (χ3v) is 5.81. The van der Waals surface area contributed by atoms with E-state index in [2.05, 4.69) is 0 Å². The zero-order valence-electron chi connectivity index (χ0n) is 17.9. The first-order chi connectivity index (χ1) is 14.2. The molecule has 30 heavy (non-hydrogen) atoms. The topological polar surface area (TPSA) is 70.2 Å². The van der Waals surface area contributed by atoms with Crippen LogP contribution in [0.3, 0.4) is 0 Å². The lowest BCUT2D eigenvalue weighted by molar-refractivity contribution is -0.138. The fraction of sp³-hybridized carbons (Fsp3) is 0.591. The lowest BCUT2D eigenvalue weighted by Gasteiger charge is -2.38. The van der Waals surface area contributed by atoms with Crippen molar-refractivity contribution in [3.05, 3.63) is 34.9 Å². The van der Waals surface area contributed by atoms with Crippen molar-refractivity contribution < 1.29 is 19.1 Å². The van der Waals surface area contributed by atoms with Crippen molar-refractivity contribution >= 4 is 29.5 Å². The van der Waals surface area contributed by atoms with Gasteiger partial charge >= 0.3 is 6.09 Å². The van der Waals surface area contributed by atoms with E-state index in [1.165, 1.54) is 0 Å². The van der Waals surface area contributed by atoms with Crippen LogP contribution >= 0.6 is 11.6 Å². The highest BCUT2D eigenvalue weighted by Crippen LogP contribution is 2.23. The van der Waals surface area contributed by atoms with Crippen LogP contribution in [0.5, 0.6) is 0 Å². The zero-order chi connectivity index (χ0) is 21.9. The van der Waals surface area contributed by atoms with Gasteiger partial charge in [-0.15, -0.1) is 0 Å². The number of hydrogen-bond donors (Lipinski definition) is 0. The Bertz CT molecular complexity index is 792. The third kappa shape index (κ3) is 5.45. The van der Waals surface area contributed by atoms with E-state index in [1.807, 2.05) is 25.7 Å². The van der Waals surface area contributed by atoms with E-state index in [9.17, 15) is 14.4 Å². The summed E-state index contributed by atoms with van der Waals surface area (Å²) in [6.45, 7) is 8.60. The molecule has 0 unspecified atom stereocenters. The van der Waals surface area contributed by atoms with Gasteiger partial charge in [0.1, 0.15) is 5.60 Å². The number of carbonyl (C=O) groups is 3. The Morgan fingerprint density at radius 1 is 0.900 bits per heavy atom. The molecule has 2 saturated heterocycles. The molecule has 1 aromatic carbocycles. The highest BCUT2D eigenvalue weighted by Gasteiger charge is 2.34. The lowest BCUT2D eigenvalue weighted by atomic mass is 9.95. The number of piperazine rings is 1. The highest BCUT2D eigenvalue weighted by molar-refractivity contribution is 6.33. The van der Waals surface area contributed by atoms with Crippen molar-refractivity contribution in [1.29, 1.82) is 0 Å². The monoisotopic (exact) mass is 435 g/mol. The SMILES string of the molecule is CC(C)(C)OC(=O)N1CCC(C(=O)N2CCN(C(=O)c3ccccc3Cl)CC2)CC1. The molecule has 164 valence electrons. The van der Waals surface area contributed by atoms with Crippen molar-refractivity contribution in [2.24, 2.45) is 5.92 Å². The summed E-state index contributed by atoms with van der Waals surface area (Å²) < 4.78 is 5.41. The first-order valence-electron chi connectivity index (χ1n) is 10.5. The number of hydrogen-bond acceptors (Lipinski definition) is 4. The van der Waals surface area contributed by atoms with Crippen LogP contribution in [0.4, 0.5) is 4.79 Å². The van der Waals surface area contributed by atoms with E-state index >= 15 is 0 Å². The van der Waals surface area contributed by atoms with Crippen molar-refractivity contribution in [3.63, 3.8) is 0 Å². The van der Waals surface area contributed by atoms with Gasteiger partial charge in [0.15, 0.2) is 0 Å². The number of benzene rings is 1. The van der Waals surface area contributed by atoms with Gasteiger partial charge < -0.3 is 19.4 Å². The highest BCUT2D eigenvalue weighted by atomic mass is 35.5. The largest absolute Gasteiger partial charge is 0.444 e. The third-order valence-electron chi connectivity index (χ3n) is 5.48. The van der Waals surface area contributed by atoms with E-state index in [-0.39, 0.29) is 23.8 Å². The van der Waals surface area contributed by atoms with Gasteiger partial charge in [-0.3, -0.25) is 9.59 Å². The van der Waals surface area contributed by atoms with E-state index < -0.39 is 5.60 Å². The minimum atomic E-state index is -0.523. The van der Waals surface area contributed by atoms with Gasteiger partial charge in [0, 0.05) is 45.2 Å². The van der Waals surface area contributed by atoms with Gasteiger partial charge in [-0.05, 0) is 45.7 Å². The summed E-state index contributed by atoms with van der Waals surface area (Å²) in [6.07, 6.45) is 0.952. The van der Waals surface area contributed by atoms with Crippen LogP contribution in [0.15, 0.2) is 24.3 Å². The quantitative estimate of drug-likeness (QED) is 0.714. The van der Waals surface area contributed by atoms with Gasteiger partial charge in [0.05, 0.1) is 10.6 Å². The molecule has 0 atom stereocenters. The molecule has 0 saturated carbocycles. The number of piperidine rings is 1. The minimum absolute atomic E-state index is 0.0884. The van der Waals surface area contributed by atoms with Crippen molar-refractivity contribution in [2.45, 2.75) is 39.2 Å². The summed E-state index contributed by atoms with van der Waals surface area (Å²) in [4.78, 5) is 43.1.